The van der Waals surface area contributed by atoms with Crippen molar-refractivity contribution in [2.75, 3.05) is 7.11 Å². The van der Waals surface area contributed by atoms with Crippen molar-refractivity contribution in [3.8, 4) is 0 Å². The van der Waals surface area contributed by atoms with Crippen LogP contribution in [0.1, 0.15) is 21.5 Å². The zero-order valence-electron chi connectivity index (χ0n) is 8.82. The van der Waals surface area contributed by atoms with Crippen LogP contribution in [0.25, 0.3) is 0 Å². The standard InChI is InChI=1S/C10H10BrNO4/c1-6-7(5-12(14)15)3-8(11)4-9(6)10(13)16-2/h3-4H,5H2,1-2H3. The molecule has 0 radical (unpaired) electrons. The van der Waals surface area contributed by atoms with Crippen LogP contribution in [0.3, 0.4) is 0 Å². The van der Waals surface area contributed by atoms with Gasteiger partial charge in [0, 0.05) is 15.0 Å². The van der Waals surface area contributed by atoms with Crippen molar-refractivity contribution in [2.24, 2.45) is 0 Å². The summed E-state index contributed by atoms with van der Waals surface area (Å²) in [6, 6.07) is 3.22. The fourth-order valence-corrected chi connectivity index (χ4v) is 1.87. The number of carbonyl (C=O) groups excluding carboxylic acids is 1. The number of esters is 1. The molecule has 0 saturated carbocycles. The van der Waals surface area contributed by atoms with Crippen LogP contribution in [0.2, 0.25) is 0 Å². The second-order valence-electron chi connectivity index (χ2n) is 3.22. The van der Waals surface area contributed by atoms with Gasteiger partial charge in [-0.2, -0.15) is 0 Å². The Bertz CT molecular complexity index is 445. The minimum atomic E-state index is -0.497. The first kappa shape index (κ1) is 12.6. The molecule has 0 spiro atoms. The smallest absolute Gasteiger partial charge is 0.338 e. The zero-order chi connectivity index (χ0) is 12.3. The monoisotopic (exact) mass is 287 g/mol. The number of halogens is 1. The highest BCUT2D eigenvalue weighted by molar-refractivity contribution is 9.10. The summed E-state index contributed by atoms with van der Waals surface area (Å²) in [6.45, 7) is 1.35. The first-order valence-electron chi connectivity index (χ1n) is 4.45. The second-order valence-corrected chi connectivity index (χ2v) is 4.14. The minimum absolute atomic E-state index is 0.310. The van der Waals surface area contributed by atoms with Crippen molar-refractivity contribution >= 4 is 21.9 Å². The van der Waals surface area contributed by atoms with E-state index in [4.69, 9.17) is 0 Å². The van der Waals surface area contributed by atoms with Gasteiger partial charge in [0.1, 0.15) is 0 Å². The van der Waals surface area contributed by atoms with Crippen LogP contribution in [0.5, 0.6) is 0 Å². The highest BCUT2D eigenvalue weighted by atomic mass is 79.9. The van der Waals surface area contributed by atoms with Crippen LogP contribution in [0.4, 0.5) is 0 Å². The highest BCUT2D eigenvalue weighted by Gasteiger charge is 2.16. The number of nitrogens with zero attached hydrogens (tertiary/aromatic N) is 1. The van der Waals surface area contributed by atoms with E-state index in [2.05, 4.69) is 20.7 Å². The maximum Gasteiger partial charge on any atom is 0.338 e. The Hall–Kier alpha value is -1.43. The molecule has 0 N–H and O–H groups in total. The molecule has 5 nitrogen and oxygen atoms in total. The predicted molar refractivity (Wildman–Crippen MR) is 60.9 cm³/mol. The molecule has 86 valence electrons. The number of rotatable bonds is 3. The van der Waals surface area contributed by atoms with Gasteiger partial charge in [0.05, 0.1) is 12.7 Å². The van der Waals surface area contributed by atoms with E-state index in [0.29, 0.717) is 21.2 Å². The lowest BCUT2D eigenvalue weighted by Gasteiger charge is -2.08. The molecule has 6 heteroatoms. The summed E-state index contributed by atoms with van der Waals surface area (Å²) in [5.41, 5.74) is 1.42. The van der Waals surface area contributed by atoms with Crippen LogP contribution in [-0.4, -0.2) is 18.0 Å². The average Bonchev–Trinajstić information content (AvgIpc) is 2.21. The predicted octanol–water partition coefficient (Wildman–Crippen LogP) is 2.32. The molecule has 1 aromatic carbocycles. The molecule has 16 heavy (non-hydrogen) atoms. The average molecular weight is 288 g/mol. The van der Waals surface area contributed by atoms with Gasteiger partial charge in [0.15, 0.2) is 0 Å². The van der Waals surface area contributed by atoms with Gasteiger partial charge >= 0.3 is 5.97 Å². The molecule has 0 aliphatic rings. The number of nitro groups is 1. The molecular formula is C10H10BrNO4. The molecule has 0 amide bonds. The lowest BCUT2D eigenvalue weighted by molar-refractivity contribution is -0.496. The van der Waals surface area contributed by atoms with E-state index >= 15 is 0 Å². The Balaban J connectivity index is 3.25. The van der Waals surface area contributed by atoms with Gasteiger partial charge in [-0.3, -0.25) is 10.1 Å². The maximum atomic E-state index is 11.4. The van der Waals surface area contributed by atoms with E-state index in [0.717, 1.165) is 0 Å². The molecule has 0 aliphatic heterocycles. The zero-order valence-corrected chi connectivity index (χ0v) is 10.4. The van der Waals surface area contributed by atoms with Gasteiger partial charge < -0.3 is 4.74 Å². The molecule has 0 unspecified atom stereocenters. The summed E-state index contributed by atoms with van der Waals surface area (Å²) in [6.07, 6.45) is 0. The fraction of sp³-hybridized carbons (Fsp3) is 0.300. The first-order valence-corrected chi connectivity index (χ1v) is 5.24. The van der Waals surface area contributed by atoms with Crippen molar-refractivity contribution in [2.45, 2.75) is 13.5 Å². The van der Waals surface area contributed by atoms with Gasteiger partial charge in [0.2, 0.25) is 6.54 Å². The third-order valence-corrected chi connectivity index (χ3v) is 2.64. The van der Waals surface area contributed by atoms with Crippen LogP contribution in [0.15, 0.2) is 16.6 Å². The molecule has 0 atom stereocenters. The van der Waals surface area contributed by atoms with Crippen LogP contribution < -0.4 is 0 Å². The quantitative estimate of drug-likeness (QED) is 0.486. The summed E-state index contributed by atoms with van der Waals surface area (Å²) in [5, 5.41) is 10.5. The van der Waals surface area contributed by atoms with Crippen LogP contribution in [0, 0.1) is 17.0 Å². The number of methoxy groups -OCH3 is 1. The Labute approximate surface area is 101 Å². The Kier molecular flexibility index (Phi) is 4.00. The summed E-state index contributed by atoms with van der Waals surface area (Å²) in [5.74, 6) is -0.497. The van der Waals surface area contributed by atoms with E-state index in [1.807, 2.05) is 0 Å². The molecule has 0 aliphatic carbocycles. The van der Waals surface area contributed by atoms with Gasteiger partial charge in [-0.1, -0.05) is 15.9 Å². The number of ether oxygens (including phenoxy) is 1. The van der Waals surface area contributed by atoms with Crippen molar-refractivity contribution in [3.63, 3.8) is 0 Å². The van der Waals surface area contributed by atoms with Crippen molar-refractivity contribution in [3.05, 3.63) is 43.4 Å². The summed E-state index contributed by atoms with van der Waals surface area (Å²) in [4.78, 5) is 21.4. The normalized spacial score (nSPS) is 9.94. The van der Waals surface area contributed by atoms with Gasteiger partial charge in [-0.05, 0) is 24.6 Å². The number of carbonyl (C=O) groups is 1. The van der Waals surface area contributed by atoms with E-state index in [9.17, 15) is 14.9 Å². The third kappa shape index (κ3) is 2.79. The molecular weight excluding hydrogens is 278 g/mol. The van der Waals surface area contributed by atoms with Gasteiger partial charge in [-0.15, -0.1) is 0 Å². The molecule has 0 saturated heterocycles. The minimum Gasteiger partial charge on any atom is -0.465 e. The Morgan fingerprint density at radius 1 is 1.56 bits per heavy atom. The number of benzene rings is 1. The maximum absolute atomic E-state index is 11.4. The Morgan fingerprint density at radius 3 is 2.69 bits per heavy atom. The number of hydrogen-bond acceptors (Lipinski definition) is 4. The molecule has 0 aromatic heterocycles. The summed E-state index contributed by atoms with van der Waals surface area (Å²) in [7, 11) is 1.27. The number of hydrogen-bond donors (Lipinski definition) is 0. The van der Waals surface area contributed by atoms with E-state index in [-0.39, 0.29) is 6.54 Å². The molecule has 1 aromatic rings. The summed E-state index contributed by atoms with van der Waals surface area (Å²) < 4.78 is 5.22. The van der Waals surface area contributed by atoms with Gasteiger partial charge in [-0.25, -0.2) is 4.79 Å². The highest BCUT2D eigenvalue weighted by Crippen LogP contribution is 2.22. The molecule has 0 bridgehead atoms. The fourth-order valence-electron chi connectivity index (χ4n) is 1.36. The Morgan fingerprint density at radius 2 is 2.19 bits per heavy atom. The van der Waals surface area contributed by atoms with E-state index in [1.54, 1.807) is 19.1 Å². The largest absolute Gasteiger partial charge is 0.465 e. The molecule has 1 rings (SSSR count). The van der Waals surface area contributed by atoms with E-state index in [1.165, 1.54) is 7.11 Å². The van der Waals surface area contributed by atoms with E-state index < -0.39 is 10.9 Å². The lowest BCUT2D eigenvalue weighted by Crippen LogP contribution is -2.08. The molecule has 0 heterocycles. The van der Waals surface area contributed by atoms with Crippen LogP contribution in [-0.2, 0) is 11.3 Å². The van der Waals surface area contributed by atoms with Crippen molar-refractivity contribution < 1.29 is 14.5 Å². The topological polar surface area (TPSA) is 69.4 Å². The van der Waals surface area contributed by atoms with Crippen molar-refractivity contribution in [1.82, 2.24) is 0 Å². The lowest BCUT2D eigenvalue weighted by atomic mass is 10.0. The van der Waals surface area contributed by atoms with Gasteiger partial charge in [0.25, 0.3) is 0 Å². The third-order valence-electron chi connectivity index (χ3n) is 2.18. The van der Waals surface area contributed by atoms with Crippen LogP contribution >= 0.6 is 15.9 Å². The second kappa shape index (κ2) is 5.07. The molecule has 0 fully saturated rings. The first-order chi connectivity index (χ1) is 7.45. The SMILES string of the molecule is COC(=O)c1cc(Br)cc(C[N+](=O)[O-])c1C. The van der Waals surface area contributed by atoms with Crippen molar-refractivity contribution in [1.29, 1.82) is 0 Å². The summed E-state index contributed by atoms with van der Waals surface area (Å²) >= 11 is 3.20.